The number of rotatable bonds is 2. The molecule has 0 bridgehead atoms. The smallest absolute Gasteiger partial charge is 0.0798 e. The standard InChI is InChI=1S/C9H12OS/c1-2-8(10)7-5-3-4-6-9(7)11/h3-6,8,10-11H,2H2,1H3. The van der Waals surface area contributed by atoms with Gasteiger partial charge in [0.2, 0.25) is 0 Å². The lowest BCUT2D eigenvalue weighted by Crippen LogP contribution is -1.95. The summed E-state index contributed by atoms with van der Waals surface area (Å²) < 4.78 is 0. The first-order valence-corrected chi connectivity index (χ1v) is 4.16. The van der Waals surface area contributed by atoms with Gasteiger partial charge in [0.05, 0.1) is 6.10 Å². The average molecular weight is 168 g/mol. The minimum atomic E-state index is -0.372. The fourth-order valence-corrected chi connectivity index (χ4v) is 1.30. The fraction of sp³-hybridized carbons (Fsp3) is 0.333. The summed E-state index contributed by atoms with van der Waals surface area (Å²) in [6.07, 6.45) is 0.362. The zero-order chi connectivity index (χ0) is 8.27. The van der Waals surface area contributed by atoms with Crippen molar-refractivity contribution in [3.63, 3.8) is 0 Å². The Morgan fingerprint density at radius 1 is 1.45 bits per heavy atom. The van der Waals surface area contributed by atoms with E-state index in [0.29, 0.717) is 0 Å². The molecule has 1 unspecified atom stereocenters. The monoisotopic (exact) mass is 168 g/mol. The summed E-state index contributed by atoms with van der Waals surface area (Å²) in [5.74, 6) is 0. The van der Waals surface area contributed by atoms with Gasteiger partial charge in [-0.3, -0.25) is 0 Å². The van der Waals surface area contributed by atoms with E-state index in [-0.39, 0.29) is 6.10 Å². The Morgan fingerprint density at radius 2 is 2.09 bits per heavy atom. The van der Waals surface area contributed by atoms with E-state index < -0.39 is 0 Å². The Morgan fingerprint density at radius 3 is 2.64 bits per heavy atom. The predicted octanol–water partition coefficient (Wildman–Crippen LogP) is 2.42. The van der Waals surface area contributed by atoms with Crippen LogP contribution in [0, 0.1) is 0 Å². The van der Waals surface area contributed by atoms with Gasteiger partial charge in [0.25, 0.3) is 0 Å². The average Bonchev–Trinajstić information content (AvgIpc) is 2.04. The van der Waals surface area contributed by atoms with Crippen LogP contribution in [0.3, 0.4) is 0 Å². The van der Waals surface area contributed by atoms with E-state index >= 15 is 0 Å². The van der Waals surface area contributed by atoms with E-state index in [1.165, 1.54) is 0 Å². The second-order valence-electron chi connectivity index (χ2n) is 2.48. The van der Waals surface area contributed by atoms with E-state index in [9.17, 15) is 5.11 Å². The van der Waals surface area contributed by atoms with Crippen molar-refractivity contribution in [1.29, 1.82) is 0 Å². The molecule has 1 N–H and O–H groups in total. The van der Waals surface area contributed by atoms with Crippen molar-refractivity contribution in [3.05, 3.63) is 29.8 Å². The first-order valence-electron chi connectivity index (χ1n) is 3.71. The minimum Gasteiger partial charge on any atom is -0.388 e. The SMILES string of the molecule is CCC(O)c1ccccc1S. The maximum Gasteiger partial charge on any atom is 0.0798 e. The summed E-state index contributed by atoms with van der Waals surface area (Å²) in [5.41, 5.74) is 0.915. The molecule has 0 saturated heterocycles. The van der Waals surface area contributed by atoms with Crippen LogP contribution >= 0.6 is 12.6 Å². The van der Waals surface area contributed by atoms with E-state index in [2.05, 4.69) is 12.6 Å². The van der Waals surface area contributed by atoms with Gasteiger partial charge in [-0.2, -0.15) is 0 Å². The van der Waals surface area contributed by atoms with Crippen LogP contribution in [0.15, 0.2) is 29.2 Å². The van der Waals surface area contributed by atoms with Crippen LogP contribution < -0.4 is 0 Å². The van der Waals surface area contributed by atoms with Gasteiger partial charge < -0.3 is 5.11 Å². The number of hydrogen-bond donors (Lipinski definition) is 2. The number of aliphatic hydroxyl groups is 1. The second-order valence-corrected chi connectivity index (χ2v) is 2.96. The highest BCUT2D eigenvalue weighted by Gasteiger charge is 2.06. The molecule has 0 aliphatic carbocycles. The summed E-state index contributed by atoms with van der Waals surface area (Å²) in [4.78, 5) is 0.863. The third-order valence-electron chi connectivity index (χ3n) is 1.68. The van der Waals surface area contributed by atoms with E-state index in [1.807, 2.05) is 31.2 Å². The lowest BCUT2D eigenvalue weighted by atomic mass is 10.1. The molecule has 0 amide bonds. The zero-order valence-electron chi connectivity index (χ0n) is 6.49. The summed E-state index contributed by atoms with van der Waals surface area (Å²) in [6.45, 7) is 1.95. The molecule has 1 aromatic carbocycles. The van der Waals surface area contributed by atoms with Gasteiger partial charge >= 0.3 is 0 Å². The lowest BCUT2D eigenvalue weighted by molar-refractivity contribution is 0.171. The van der Waals surface area contributed by atoms with Gasteiger partial charge in [0.15, 0.2) is 0 Å². The number of benzene rings is 1. The molecule has 1 aromatic rings. The number of thiol groups is 1. The molecule has 0 saturated carbocycles. The van der Waals surface area contributed by atoms with E-state index in [1.54, 1.807) is 0 Å². The summed E-state index contributed by atoms with van der Waals surface area (Å²) in [7, 11) is 0. The van der Waals surface area contributed by atoms with Crippen molar-refractivity contribution in [2.24, 2.45) is 0 Å². The molecule has 60 valence electrons. The zero-order valence-corrected chi connectivity index (χ0v) is 7.38. The highest BCUT2D eigenvalue weighted by molar-refractivity contribution is 7.80. The van der Waals surface area contributed by atoms with Gasteiger partial charge in [-0.1, -0.05) is 25.1 Å². The summed E-state index contributed by atoms with van der Waals surface area (Å²) in [6, 6.07) is 7.61. The Kier molecular flexibility index (Phi) is 2.97. The van der Waals surface area contributed by atoms with E-state index in [0.717, 1.165) is 16.9 Å². The third-order valence-corrected chi connectivity index (χ3v) is 2.09. The van der Waals surface area contributed by atoms with Crippen LogP contribution in [0.1, 0.15) is 25.0 Å². The molecule has 11 heavy (non-hydrogen) atoms. The van der Waals surface area contributed by atoms with Crippen LogP contribution in [0.4, 0.5) is 0 Å². The van der Waals surface area contributed by atoms with Gasteiger partial charge in [-0.15, -0.1) is 12.6 Å². The predicted molar refractivity (Wildman–Crippen MR) is 48.9 cm³/mol. The molecule has 0 spiro atoms. The molecule has 2 heteroatoms. The van der Waals surface area contributed by atoms with Gasteiger partial charge in [-0.05, 0) is 18.1 Å². The first-order chi connectivity index (χ1) is 5.25. The Bertz CT molecular complexity index is 235. The summed E-state index contributed by atoms with van der Waals surface area (Å²) >= 11 is 4.23. The molecule has 0 fully saturated rings. The number of hydrogen-bond acceptors (Lipinski definition) is 2. The maximum absolute atomic E-state index is 9.46. The van der Waals surface area contributed by atoms with Gasteiger partial charge in [0, 0.05) is 4.90 Å². The van der Waals surface area contributed by atoms with Crippen molar-refractivity contribution < 1.29 is 5.11 Å². The molecule has 0 radical (unpaired) electrons. The van der Waals surface area contributed by atoms with Crippen LogP contribution in [0.2, 0.25) is 0 Å². The Balaban J connectivity index is 2.93. The summed E-state index contributed by atoms with van der Waals surface area (Å²) in [5, 5.41) is 9.46. The minimum absolute atomic E-state index is 0.372. The molecule has 0 heterocycles. The molecular weight excluding hydrogens is 156 g/mol. The lowest BCUT2D eigenvalue weighted by Gasteiger charge is -2.09. The van der Waals surface area contributed by atoms with Crippen LogP contribution in [-0.2, 0) is 0 Å². The fourth-order valence-electron chi connectivity index (χ4n) is 0.989. The van der Waals surface area contributed by atoms with Crippen molar-refractivity contribution in [1.82, 2.24) is 0 Å². The van der Waals surface area contributed by atoms with Crippen LogP contribution in [0.25, 0.3) is 0 Å². The van der Waals surface area contributed by atoms with Crippen molar-refractivity contribution >= 4 is 12.6 Å². The highest BCUT2D eigenvalue weighted by atomic mass is 32.1. The normalized spacial score (nSPS) is 13.0. The molecule has 1 atom stereocenters. The van der Waals surface area contributed by atoms with Crippen molar-refractivity contribution in [2.45, 2.75) is 24.3 Å². The van der Waals surface area contributed by atoms with Gasteiger partial charge in [-0.25, -0.2) is 0 Å². The van der Waals surface area contributed by atoms with Gasteiger partial charge in [0.1, 0.15) is 0 Å². The first kappa shape index (κ1) is 8.62. The molecular formula is C9H12OS. The largest absolute Gasteiger partial charge is 0.388 e. The topological polar surface area (TPSA) is 20.2 Å². The van der Waals surface area contributed by atoms with Crippen molar-refractivity contribution in [3.8, 4) is 0 Å². The quantitative estimate of drug-likeness (QED) is 0.650. The molecule has 0 aliphatic rings. The van der Waals surface area contributed by atoms with Crippen LogP contribution in [-0.4, -0.2) is 5.11 Å². The van der Waals surface area contributed by atoms with Crippen molar-refractivity contribution in [2.75, 3.05) is 0 Å². The molecule has 1 rings (SSSR count). The molecule has 0 aromatic heterocycles. The number of aliphatic hydroxyl groups excluding tert-OH is 1. The molecule has 0 aliphatic heterocycles. The second kappa shape index (κ2) is 3.79. The molecule has 1 nitrogen and oxygen atoms in total. The highest BCUT2D eigenvalue weighted by Crippen LogP contribution is 2.22. The third kappa shape index (κ3) is 1.98. The van der Waals surface area contributed by atoms with E-state index in [4.69, 9.17) is 0 Å². The Hall–Kier alpha value is -0.470. The maximum atomic E-state index is 9.46. The van der Waals surface area contributed by atoms with Crippen LogP contribution in [0.5, 0.6) is 0 Å². The Labute approximate surface area is 72.5 Å².